The largest absolute Gasteiger partial charge is 0.494 e. The van der Waals surface area contributed by atoms with E-state index in [0.29, 0.717) is 6.61 Å². The van der Waals surface area contributed by atoms with Crippen molar-refractivity contribution in [3.05, 3.63) is 18.2 Å². The van der Waals surface area contributed by atoms with Crippen molar-refractivity contribution in [3.8, 4) is 5.75 Å². The van der Waals surface area contributed by atoms with Gasteiger partial charge in [-0.2, -0.15) is 5.10 Å². The second-order valence-corrected chi connectivity index (χ2v) is 7.62. The van der Waals surface area contributed by atoms with E-state index in [2.05, 4.69) is 5.10 Å². The lowest BCUT2D eigenvalue weighted by Crippen LogP contribution is -2.50. The predicted octanol–water partition coefficient (Wildman–Crippen LogP) is 0.970. The van der Waals surface area contributed by atoms with Crippen molar-refractivity contribution in [1.29, 1.82) is 0 Å². The Labute approximate surface area is 147 Å². The molecule has 0 radical (unpaired) electrons. The van der Waals surface area contributed by atoms with Gasteiger partial charge in [0.2, 0.25) is 0 Å². The number of hydrogen-bond acceptors (Lipinski definition) is 6. The number of anilines is 1. The summed E-state index contributed by atoms with van der Waals surface area (Å²) in [6.45, 7) is 8.70. The van der Waals surface area contributed by atoms with Crippen molar-refractivity contribution < 1.29 is 18.8 Å². The summed E-state index contributed by atoms with van der Waals surface area (Å²) in [6, 6.07) is 5.81. The molecule has 0 unspecified atom stereocenters. The molecule has 3 aliphatic rings. The van der Waals surface area contributed by atoms with Gasteiger partial charge in [-0.15, -0.1) is 0 Å². The van der Waals surface area contributed by atoms with E-state index < -0.39 is 18.3 Å². The fourth-order valence-corrected chi connectivity index (χ4v) is 3.08. The Morgan fingerprint density at radius 2 is 1.84 bits per heavy atom. The lowest BCUT2D eigenvalue weighted by Gasteiger charge is -2.36. The number of benzene rings is 1. The minimum Gasteiger partial charge on any atom is -0.483 e. The summed E-state index contributed by atoms with van der Waals surface area (Å²) in [6.07, 6.45) is 0. The molecule has 0 spiro atoms. The average Bonchev–Trinajstić information content (AvgIpc) is 2.76. The highest BCUT2D eigenvalue weighted by Gasteiger charge is 2.52. The minimum atomic E-state index is -0.458. The van der Waals surface area contributed by atoms with Crippen LogP contribution in [0.1, 0.15) is 27.7 Å². The first-order valence-electron chi connectivity index (χ1n) is 8.42. The number of hydrogen-bond donors (Lipinski definition) is 0. The van der Waals surface area contributed by atoms with Crippen LogP contribution in [-0.4, -0.2) is 55.3 Å². The van der Waals surface area contributed by atoms with Crippen molar-refractivity contribution in [1.82, 2.24) is 5.01 Å². The minimum absolute atomic E-state index is 0.0577. The van der Waals surface area contributed by atoms with Crippen LogP contribution in [0.15, 0.2) is 23.3 Å². The SMILES string of the molecule is CN1N=C2COc3ccc(B4OC(C)(C)C(C)(C)O4)cc3N2CC1=O. The second-order valence-electron chi connectivity index (χ2n) is 7.62. The van der Waals surface area contributed by atoms with Crippen LogP contribution in [0.25, 0.3) is 0 Å². The topological polar surface area (TPSA) is 63.6 Å². The molecule has 0 saturated carbocycles. The molecule has 25 heavy (non-hydrogen) atoms. The molecular weight excluding hydrogens is 321 g/mol. The van der Waals surface area contributed by atoms with E-state index in [1.165, 1.54) is 5.01 Å². The first-order valence-corrected chi connectivity index (χ1v) is 8.42. The van der Waals surface area contributed by atoms with Crippen LogP contribution in [0.4, 0.5) is 5.69 Å². The summed E-state index contributed by atoms with van der Waals surface area (Å²) in [5.41, 5.74) is 0.911. The van der Waals surface area contributed by atoms with Gasteiger partial charge in [-0.25, -0.2) is 5.01 Å². The number of amidine groups is 1. The number of carbonyl (C=O) groups is 1. The monoisotopic (exact) mass is 343 g/mol. The van der Waals surface area contributed by atoms with Crippen LogP contribution in [0, 0.1) is 0 Å². The maximum Gasteiger partial charge on any atom is 0.494 e. The van der Waals surface area contributed by atoms with E-state index in [1.54, 1.807) is 7.05 Å². The third-order valence-electron chi connectivity index (χ3n) is 5.39. The molecule has 0 aromatic heterocycles. The predicted molar refractivity (Wildman–Crippen MR) is 95.2 cm³/mol. The third kappa shape index (κ3) is 2.51. The number of ether oxygens (including phenoxy) is 1. The van der Waals surface area contributed by atoms with Crippen LogP contribution in [0.2, 0.25) is 0 Å². The number of hydrazone groups is 1. The summed E-state index contributed by atoms with van der Waals surface area (Å²) in [5.74, 6) is 1.40. The molecule has 1 saturated heterocycles. The first kappa shape index (κ1) is 16.4. The molecule has 0 N–H and O–H groups in total. The van der Waals surface area contributed by atoms with E-state index in [-0.39, 0.29) is 12.5 Å². The number of likely N-dealkylation sites (N-methyl/N-ethyl adjacent to an activating group) is 1. The lowest BCUT2D eigenvalue weighted by molar-refractivity contribution is -0.128. The molecule has 8 heteroatoms. The molecule has 1 amide bonds. The fraction of sp³-hybridized carbons (Fsp3) is 0.529. The zero-order valence-electron chi connectivity index (χ0n) is 15.2. The van der Waals surface area contributed by atoms with Crippen molar-refractivity contribution >= 4 is 30.0 Å². The summed E-state index contributed by atoms with van der Waals surface area (Å²) in [4.78, 5) is 14.0. The molecule has 4 rings (SSSR count). The normalized spacial score (nSPS) is 23.8. The highest BCUT2D eigenvalue weighted by Crippen LogP contribution is 2.38. The van der Waals surface area contributed by atoms with E-state index in [4.69, 9.17) is 14.0 Å². The van der Waals surface area contributed by atoms with Gasteiger partial charge >= 0.3 is 7.12 Å². The maximum atomic E-state index is 12.1. The summed E-state index contributed by atoms with van der Waals surface area (Å²) < 4.78 is 18.0. The Morgan fingerprint density at radius 1 is 1.16 bits per heavy atom. The van der Waals surface area contributed by atoms with Gasteiger partial charge in [0.05, 0.1) is 16.9 Å². The van der Waals surface area contributed by atoms with Crippen LogP contribution in [0.5, 0.6) is 5.75 Å². The van der Waals surface area contributed by atoms with E-state index in [0.717, 1.165) is 22.7 Å². The van der Waals surface area contributed by atoms with Crippen LogP contribution in [0.3, 0.4) is 0 Å². The van der Waals surface area contributed by atoms with Gasteiger partial charge in [0.1, 0.15) is 18.9 Å². The Balaban J connectivity index is 1.69. The molecule has 1 aromatic carbocycles. The van der Waals surface area contributed by atoms with Gasteiger partial charge in [0.25, 0.3) is 5.91 Å². The standard InChI is InChI=1S/C17H22BN3O4/c1-16(2)17(3,4)25-18(24-16)11-6-7-13-12(8-11)21-9-15(22)20(5)19-14(21)10-23-13/h6-8H,9-10H2,1-5H3. The summed E-state index contributed by atoms with van der Waals surface area (Å²) in [7, 11) is 1.20. The molecule has 7 nitrogen and oxygen atoms in total. The third-order valence-corrected chi connectivity index (χ3v) is 5.39. The number of carbonyl (C=O) groups excluding carboxylic acids is 1. The van der Waals surface area contributed by atoms with Crippen molar-refractivity contribution in [2.75, 3.05) is 25.1 Å². The number of amides is 1. The van der Waals surface area contributed by atoms with E-state index in [1.807, 2.05) is 50.8 Å². The van der Waals surface area contributed by atoms with Gasteiger partial charge < -0.3 is 18.9 Å². The molecule has 0 aliphatic carbocycles. The van der Waals surface area contributed by atoms with Crippen molar-refractivity contribution in [2.24, 2.45) is 5.10 Å². The number of fused-ring (bicyclic) bond motifs is 3. The van der Waals surface area contributed by atoms with Gasteiger partial charge in [0, 0.05) is 7.05 Å². The Morgan fingerprint density at radius 3 is 2.52 bits per heavy atom. The second kappa shape index (κ2) is 5.22. The van der Waals surface area contributed by atoms with Crippen LogP contribution < -0.4 is 15.1 Å². The fourth-order valence-electron chi connectivity index (χ4n) is 3.08. The summed E-state index contributed by atoms with van der Waals surface area (Å²) >= 11 is 0. The smallest absolute Gasteiger partial charge is 0.483 e. The molecule has 3 heterocycles. The van der Waals surface area contributed by atoms with E-state index >= 15 is 0 Å². The highest BCUT2D eigenvalue weighted by atomic mass is 16.7. The van der Waals surface area contributed by atoms with Gasteiger partial charge in [0.15, 0.2) is 5.84 Å². The zero-order valence-corrected chi connectivity index (χ0v) is 15.2. The maximum absolute atomic E-state index is 12.1. The lowest BCUT2D eigenvalue weighted by atomic mass is 9.78. The molecule has 1 aromatic rings. The molecular formula is C17H22BN3O4. The van der Waals surface area contributed by atoms with Crippen LogP contribution in [-0.2, 0) is 14.1 Å². The zero-order chi connectivity index (χ0) is 18.0. The quantitative estimate of drug-likeness (QED) is 0.711. The Bertz CT molecular complexity index is 761. The first-order chi connectivity index (χ1) is 11.7. The summed E-state index contributed by atoms with van der Waals surface area (Å²) in [5, 5.41) is 5.66. The van der Waals surface area contributed by atoms with E-state index in [9.17, 15) is 4.79 Å². The Kier molecular flexibility index (Phi) is 3.43. The highest BCUT2D eigenvalue weighted by molar-refractivity contribution is 6.62. The average molecular weight is 343 g/mol. The Hall–Kier alpha value is -2.06. The van der Waals surface area contributed by atoms with Gasteiger partial charge in [-0.05, 0) is 45.3 Å². The number of rotatable bonds is 1. The van der Waals surface area contributed by atoms with Gasteiger partial charge in [-0.3, -0.25) is 4.79 Å². The van der Waals surface area contributed by atoms with Crippen LogP contribution >= 0.6 is 0 Å². The number of nitrogens with zero attached hydrogens (tertiary/aromatic N) is 3. The molecule has 1 fully saturated rings. The van der Waals surface area contributed by atoms with Crippen molar-refractivity contribution in [3.63, 3.8) is 0 Å². The molecule has 0 atom stereocenters. The van der Waals surface area contributed by atoms with Crippen molar-refractivity contribution in [2.45, 2.75) is 38.9 Å². The van der Waals surface area contributed by atoms with Gasteiger partial charge in [-0.1, -0.05) is 6.07 Å². The molecule has 132 valence electrons. The molecule has 3 aliphatic heterocycles. The molecule has 0 bridgehead atoms.